The highest BCUT2D eigenvalue weighted by molar-refractivity contribution is 5.99. The first-order valence-corrected chi connectivity index (χ1v) is 9.76. The van der Waals surface area contributed by atoms with Gasteiger partial charge >= 0.3 is 6.03 Å². The van der Waals surface area contributed by atoms with Gasteiger partial charge in [-0.25, -0.2) is 4.79 Å². The maximum Gasteiger partial charge on any atom is 0.323 e. The van der Waals surface area contributed by atoms with Gasteiger partial charge < -0.3 is 15.5 Å². The van der Waals surface area contributed by atoms with E-state index in [9.17, 15) is 4.79 Å². The Labute approximate surface area is 156 Å². The number of urea groups is 1. The van der Waals surface area contributed by atoms with Crippen LogP contribution < -0.4 is 15.5 Å². The number of carbonyl (C=O) groups excluding carboxylic acids is 1. The molecule has 0 radical (unpaired) electrons. The van der Waals surface area contributed by atoms with Crippen molar-refractivity contribution in [1.82, 2.24) is 0 Å². The molecule has 1 aliphatic rings. The molecule has 4 nitrogen and oxygen atoms in total. The Morgan fingerprint density at radius 2 is 1.46 bits per heavy atom. The fraction of sp³-hybridized carbons (Fsp3) is 0.409. The van der Waals surface area contributed by atoms with Crippen molar-refractivity contribution in [2.45, 2.75) is 45.4 Å². The minimum absolute atomic E-state index is 0.211. The molecule has 1 fully saturated rings. The molecule has 4 heteroatoms. The van der Waals surface area contributed by atoms with E-state index in [0.717, 1.165) is 30.9 Å². The number of rotatable bonds is 6. The molecule has 1 heterocycles. The van der Waals surface area contributed by atoms with Crippen LogP contribution in [0, 0.1) is 0 Å². The minimum Gasteiger partial charge on any atom is -0.372 e. The lowest BCUT2D eigenvalue weighted by molar-refractivity contribution is 0.262. The van der Waals surface area contributed by atoms with Crippen LogP contribution >= 0.6 is 0 Å². The molecule has 138 valence electrons. The van der Waals surface area contributed by atoms with Crippen molar-refractivity contribution in [2.75, 3.05) is 28.6 Å². The normalized spacial score (nSPS) is 14.1. The van der Waals surface area contributed by atoms with Crippen molar-refractivity contribution in [3.05, 3.63) is 54.1 Å². The lowest BCUT2D eigenvalue weighted by Gasteiger charge is -2.28. The predicted octanol–water partition coefficient (Wildman–Crippen LogP) is 5.66. The van der Waals surface area contributed by atoms with Crippen LogP contribution in [0.5, 0.6) is 0 Å². The highest BCUT2D eigenvalue weighted by Crippen LogP contribution is 2.22. The number of hydrogen-bond donors (Lipinski definition) is 2. The molecule has 0 bridgehead atoms. The highest BCUT2D eigenvalue weighted by atomic mass is 16.2. The highest BCUT2D eigenvalue weighted by Gasteiger charge is 2.11. The van der Waals surface area contributed by atoms with Gasteiger partial charge in [-0.3, -0.25) is 0 Å². The molecule has 1 aliphatic heterocycles. The molecule has 2 amide bonds. The zero-order valence-electron chi connectivity index (χ0n) is 15.6. The smallest absolute Gasteiger partial charge is 0.323 e. The topological polar surface area (TPSA) is 44.4 Å². The zero-order chi connectivity index (χ0) is 18.2. The average Bonchev–Trinajstić information content (AvgIpc) is 2.69. The SMILES string of the molecule is CCCCc1ccc(NC(=O)Nc2ccc(N3CCCCC3)cc2)cc1. The zero-order valence-corrected chi connectivity index (χ0v) is 15.6. The lowest BCUT2D eigenvalue weighted by Crippen LogP contribution is -2.29. The number of nitrogens with zero attached hydrogens (tertiary/aromatic N) is 1. The third-order valence-electron chi connectivity index (χ3n) is 4.88. The first-order valence-electron chi connectivity index (χ1n) is 9.76. The van der Waals surface area contributed by atoms with Crippen LogP contribution in [0.2, 0.25) is 0 Å². The Balaban J connectivity index is 1.51. The number of benzene rings is 2. The van der Waals surface area contributed by atoms with Crippen molar-refractivity contribution in [2.24, 2.45) is 0 Å². The van der Waals surface area contributed by atoms with E-state index in [0.29, 0.717) is 0 Å². The van der Waals surface area contributed by atoms with Gasteiger partial charge in [-0.15, -0.1) is 0 Å². The van der Waals surface area contributed by atoms with Crippen molar-refractivity contribution in [1.29, 1.82) is 0 Å². The van der Waals surface area contributed by atoms with E-state index in [1.807, 2.05) is 24.3 Å². The second-order valence-electron chi connectivity index (χ2n) is 6.97. The molecular weight excluding hydrogens is 322 g/mol. The summed E-state index contributed by atoms with van der Waals surface area (Å²) in [5.74, 6) is 0. The summed E-state index contributed by atoms with van der Waals surface area (Å²) in [5.41, 5.74) is 4.17. The molecule has 0 spiro atoms. The summed E-state index contributed by atoms with van der Waals surface area (Å²) in [4.78, 5) is 14.6. The standard InChI is InChI=1S/C22H29N3O/c1-2-3-7-18-8-10-19(11-9-18)23-22(26)24-20-12-14-21(15-13-20)25-16-5-4-6-17-25/h8-15H,2-7,16-17H2,1H3,(H2,23,24,26). The number of nitrogens with one attached hydrogen (secondary N) is 2. The summed E-state index contributed by atoms with van der Waals surface area (Å²) in [6, 6.07) is 16.0. The van der Waals surface area contributed by atoms with Crippen molar-refractivity contribution in [3.63, 3.8) is 0 Å². The van der Waals surface area contributed by atoms with E-state index >= 15 is 0 Å². The Hall–Kier alpha value is -2.49. The summed E-state index contributed by atoms with van der Waals surface area (Å²) in [5, 5.41) is 5.79. The molecule has 2 aromatic carbocycles. The maximum atomic E-state index is 12.2. The molecule has 2 aromatic rings. The third kappa shape index (κ3) is 5.25. The molecule has 0 saturated carbocycles. The second-order valence-corrected chi connectivity index (χ2v) is 6.97. The largest absolute Gasteiger partial charge is 0.372 e. The van der Waals surface area contributed by atoms with Gasteiger partial charge in [0.15, 0.2) is 0 Å². The van der Waals surface area contributed by atoms with Crippen LogP contribution in [-0.2, 0) is 6.42 Å². The number of piperidine rings is 1. The molecular formula is C22H29N3O. The molecule has 0 aromatic heterocycles. The molecule has 1 saturated heterocycles. The molecule has 0 atom stereocenters. The first kappa shape index (κ1) is 18.3. The number of amides is 2. The van der Waals surface area contributed by atoms with Crippen LogP contribution in [0.4, 0.5) is 21.9 Å². The van der Waals surface area contributed by atoms with Crippen molar-refractivity contribution < 1.29 is 4.79 Å². The van der Waals surface area contributed by atoms with Gasteiger partial charge in [0, 0.05) is 30.2 Å². The Morgan fingerprint density at radius 3 is 2.04 bits per heavy atom. The van der Waals surface area contributed by atoms with Crippen LogP contribution in [0.15, 0.2) is 48.5 Å². The Morgan fingerprint density at radius 1 is 0.885 bits per heavy atom. The molecule has 0 aliphatic carbocycles. The summed E-state index contributed by atoms with van der Waals surface area (Å²) in [6.07, 6.45) is 7.33. The van der Waals surface area contributed by atoms with E-state index < -0.39 is 0 Å². The first-order chi connectivity index (χ1) is 12.7. The van der Waals surface area contributed by atoms with Crippen molar-refractivity contribution in [3.8, 4) is 0 Å². The van der Waals surface area contributed by atoms with E-state index in [1.165, 1.54) is 43.4 Å². The number of hydrogen-bond acceptors (Lipinski definition) is 2. The van der Waals surface area contributed by atoms with Crippen LogP contribution in [-0.4, -0.2) is 19.1 Å². The van der Waals surface area contributed by atoms with E-state index in [1.54, 1.807) is 0 Å². The van der Waals surface area contributed by atoms with Crippen LogP contribution in [0.1, 0.15) is 44.6 Å². The summed E-state index contributed by atoms with van der Waals surface area (Å²) in [7, 11) is 0. The molecule has 2 N–H and O–H groups in total. The number of unbranched alkanes of at least 4 members (excludes halogenated alkanes) is 1. The fourth-order valence-corrected chi connectivity index (χ4v) is 3.34. The van der Waals surface area contributed by atoms with Crippen LogP contribution in [0.25, 0.3) is 0 Å². The average molecular weight is 351 g/mol. The predicted molar refractivity (Wildman–Crippen MR) is 110 cm³/mol. The maximum absolute atomic E-state index is 12.2. The van der Waals surface area contributed by atoms with Gasteiger partial charge in [-0.2, -0.15) is 0 Å². The second kappa shape index (κ2) is 9.27. The van der Waals surface area contributed by atoms with E-state index in [2.05, 4.69) is 46.7 Å². The summed E-state index contributed by atoms with van der Waals surface area (Å²) < 4.78 is 0. The molecule has 26 heavy (non-hydrogen) atoms. The Bertz CT molecular complexity index is 688. The van der Waals surface area contributed by atoms with Gasteiger partial charge in [-0.05, 0) is 74.1 Å². The monoisotopic (exact) mass is 351 g/mol. The lowest BCUT2D eigenvalue weighted by atomic mass is 10.1. The fourth-order valence-electron chi connectivity index (χ4n) is 3.34. The van der Waals surface area contributed by atoms with E-state index in [-0.39, 0.29) is 6.03 Å². The minimum atomic E-state index is -0.211. The quantitative estimate of drug-likeness (QED) is 0.705. The van der Waals surface area contributed by atoms with Gasteiger partial charge in [-0.1, -0.05) is 25.5 Å². The van der Waals surface area contributed by atoms with Crippen LogP contribution in [0.3, 0.4) is 0 Å². The molecule has 3 rings (SSSR count). The summed E-state index contributed by atoms with van der Waals surface area (Å²) in [6.45, 7) is 4.45. The number of carbonyl (C=O) groups is 1. The van der Waals surface area contributed by atoms with Gasteiger partial charge in [0.25, 0.3) is 0 Å². The van der Waals surface area contributed by atoms with E-state index in [4.69, 9.17) is 0 Å². The Kier molecular flexibility index (Phi) is 6.53. The van der Waals surface area contributed by atoms with Gasteiger partial charge in [0.05, 0.1) is 0 Å². The van der Waals surface area contributed by atoms with Gasteiger partial charge in [0.1, 0.15) is 0 Å². The number of anilines is 3. The van der Waals surface area contributed by atoms with Gasteiger partial charge in [0.2, 0.25) is 0 Å². The third-order valence-corrected chi connectivity index (χ3v) is 4.88. The summed E-state index contributed by atoms with van der Waals surface area (Å²) >= 11 is 0. The number of aryl methyl sites for hydroxylation is 1. The van der Waals surface area contributed by atoms with Crippen molar-refractivity contribution >= 4 is 23.1 Å². The molecule has 0 unspecified atom stereocenters.